The number of fused-ring (bicyclic) bond motifs is 1. The number of carbonyl (C=O) groups is 1. The van der Waals surface area contributed by atoms with Gasteiger partial charge < -0.3 is 14.5 Å². The lowest BCUT2D eigenvalue weighted by Crippen LogP contribution is -2.43. The highest BCUT2D eigenvalue weighted by Crippen LogP contribution is 2.32. The number of hydrogen-bond donors (Lipinski definition) is 1. The molecule has 0 aliphatic carbocycles. The van der Waals surface area contributed by atoms with Crippen molar-refractivity contribution in [3.05, 3.63) is 12.1 Å². The Hall–Kier alpha value is -1.43. The van der Waals surface area contributed by atoms with Crippen molar-refractivity contribution in [3.8, 4) is 5.88 Å². The summed E-state index contributed by atoms with van der Waals surface area (Å²) in [6.07, 6.45) is 0.443. The molecule has 18 heavy (non-hydrogen) atoms. The van der Waals surface area contributed by atoms with Crippen LogP contribution < -0.4 is 14.5 Å². The van der Waals surface area contributed by atoms with E-state index in [1.165, 1.54) is 0 Å². The molecule has 0 radical (unpaired) electrons. The molecule has 0 N–H and O–H groups in total. The van der Waals surface area contributed by atoms with E-state index in [0.29, 0.717) is 24.6 Å². The van der Waals surface area contributed by atoms with Crippen molar-refractivity contribution < 1.29 is 9.53 Å². The number of anilines is 2. The first kappa shape index (κ1) is 13.0. The van der Waals surface area contributed by atoms with Gasteiger partial charge in [0.05, 0.1) is 12.8 Å². The summed E-state index contributed by atoms with van der Waals surface area (Å²) in [4.78, 5) is 20.2. The highest BCUT2D eigenvalue weighted by molar-refractivity contribution is 7.80. The number of methoxy groups -OCH3 is 1. The Labute approximate surface area is 112 Å². The fourth-order valence-electron chi connectivity index (χ4n) is 1.99. The highest BCUT2D eigenvalue weighted by atomic mass is 32.1. The van der Waals surface area contributed by atoms with Gasteiger partial charge >= 0.3 is 0 Å². The number of pyridine rings is 1. The molecular weight excluding hydrogens is 250 g/mol. The molecule has 6 heteroatoms. The molecule has 2 rings (SSSR count). The minimum Gasteiger partial charge on any atom is -0.481 e. The Kier molecular flexibility index (Phi) is 3.96. The largest absolute Gasteiger partial charge is 0.481 e. The Morgan fingerprint density at radius 2 is 2.28 bits per heavy atom. The lowest BCUT2D eigenvalue weighted by Gasteiger charge is -2.34. The smallest absolute Gasteiger partial charge is 0.227 e. The van der Waals surface area contributed by atoms with E-state index in [9.17, 15) is 4.79 Å². The normalized spacial score (nSPS) is 14.4. The molecule has 1 amide bonds. The zero-order valence-corrected chi connectivity index (χ0v) is 11.5. The average Bonchev–Trinajstić information content (AvgIpc) is 2.39. The maximum Gasteiger partial charge on any atom is 0.227 e. The molecule has 0 unspecified atom stereocenters. The quantitative estimate of drug-likeness (QED) is 0.836. The molecular formula is C12H17N3O2S. The number of rotatable bonds is 3. The van der Waals surface area contributed by atoms with Gasteiger partial charge in [0.25, 0.3) is 0 Å². The van der Waals surface area contributed by atoms with Crippen LogP contribution in [0.1, 0.15) is 6.42 Å². The Balaban J connectivity index is 2.35. The van der Waals surface area contributed by atoms with E-state index in [2.05, 4.69) is 17.6 Å². The first-order valence-corrected chi connectivity index (χ1v) is 6.48. The third-order valence-corrected chi connectivity index (χ3v) is 3.20. The van der Waals surface area contributed by atoms with Gasteiger partial charge in [-0.1, -0.05) is 0 Å². The maximum atomic E-state index is 12.0. The third-order valence-electron chi connectivity index (χ3n) is 2.98. The number of amides is 1. The summed E-state index contributed by atoms with van der Waals surface area (Å²) in [5.74, 6) is 1.99. The number of ether oxygens (including phenoxy) is 1. The second kappa shape index (κ2) is 5.48. The Morgan fingerprint density at radius 1 is 1.50 bits per heavy atom. The summed E-state index contributed by atoms with van der Waals surface area (Å²) in [6, 6.07) is 3.66. The number of thiol groups is 1. The summed E-state index contributed by atoms with van der Waals surface area (Å²) in [6.45, 7) is 1.45. The van der Waals surface area contributed by atoms with Crippen molar-refractivity contribution in [1.29, 1.82) is 0 Å². The predicted octanol–water partition coefficient (Wildman–Crippen LogP) is 1.19. The van der Waals surface area contributed by atoms with E-state index in [0.717, 1.165) is 18.1 Å². The molecule has 1 aromatic rings. The van der Waals surface area contributed by atoms with Crippen molar-refractivity contribution in [1.82, 2.24) is 4.98 Å². The van der Waals surface area contributed by atoms with Crippen molar-refractivity contribution in [3.63, 3.8) is 0 Å². The zero-order chi connectivity index (χ0) is 13.1. The van der Waals surface area contributed by atoms with Crippen molar-refractivity contribution in [2.24, 2.45) is 0 Å². The molecule has 2 heterocycles. The molecule has 5 nitrogen and oxygen atoms in total. The van der Waals surface area contributed by atoms with Crippen LogP contribution in [0.5, 0.6) is 5.88 Å². The molecule has 1 aliphatic heterocycles. The number of hydrogen-bond acceptors (Lipinski definition) is 5. The predicted molar refractivity (Wildman–Crippen MR) is 74.9 cm³/mol. The van der Waals surface area contributed by atoms with Gasteiger partial charge in [-0.2, -0.15) is 17.6 Å². The number of nitrogens with zero attached hydrogens (tertiary/aromatic N) is 3. The van der Waals surface area contributed by atoms with Crippen LogP contribution in [0.4, 0.5) is 11.5 Å². The van der Waals surface area contributed by atoms with E-state index in [1.807, 2.05) is 18.0 Å². The van der Waals surface area contributed by atoms with Crippen molar-refractivity contribution in [2.75, 3.05) is 42.8 Å². The lowest BCUT2D eigenvalue weighted by atomic mass is 10.2. The minimum absolute atomic E-state index is 0.0892. The van der Waals surface area contributed by atoms with Crippen molar-refractivity contribution >= 4 is 30.0 Å². The van der Waals surface area contributed by atoms with Crippen LogP contribution >= 0.6 is 12.6 Å². The van der Waals surface area contributed by atoms with Crippen LogP contribution in [0, 0.1) is 0 Å². The molecule has 0 saturated heterocycles. The molecule has 0 aromatic carbocycles. The van der Waals surface area contributed by atoms with Gasteiger partial charge in [0.2, 0.25) is 11.8 Å². The third kappa shape index (κ3) is 2.38. The van der Waals surface area contributed by atoms with E-state index in [1.54, 1.807) is 18.1 Å². The molecule has 0 fully saturated rings. The standard InChI is InChI=1S/C12H17N3O2S/c1-14-6-7-15(11(16)5-8-18)9-3-4-10(17-2)13-12(9)14/h3-4,18H,5-8H2,1-2H3. The van der Waals surface area contributed by atoms with Gasteiger partial charge in [0, 0.05) is 32.6 Å². The van der Waals surface area contributed by atoms with Crippen LogP contribution in [0.15, 0.2) is 12.1 Å². The zero-order valence-electron chi connectivity index (χ0n) is 10.6. The van der Waals surface area contributed by atoms with Gasteiger partial charge in [0.15, 0.2) is 5.82 Å². The van der Waals surface area contributed by atoms with Crippen LogP contribution in [-0.2, 0) is 4.79 Å². The van der Waals surface area contributed by atoms with Crippen LogP contribution in [-0.4, -0.2) is 43.9 Å². The van der Waals surface area contributed by atoms with E-state index in [-0.39, 0.29) is 5.91 Å². The van der Waals surface area contributed by atoms with Gasteiger partial charge in [-0.3, -0.25) is 4.79 Å². The summed E-state index contributed by atoms with van der Waals surface area (Å²) in [5, 5.41) is 0. The van der Waals surface area contributed by atoms with Crippen LogP contribution in [0.25, 0.3) is 0 Å². The summed E-state index contributed by atoms with van der Waals surface area (Å²) in [7, 11) is 3.55. The van der Waals surface area contributed by atoms with E-state index < -0.39 is 0 Å². The molecule has 0 bridgehead atoms. The highest BCUT2D eigenvalue weighted by Gasteiger charge is 2.26. The van der Waals surface area contributed by atoms with Gasteiger partial charge in [-0.25, -0.2) is 0 Å². The van der Waals surface area contributed by atoms with E-state index in [4.69, 9.17) is 4.74 Å². The van der Waals surface area contributed by atoms with Crippen LogP contribution in [0.2, 0.25) is 0 Å². The average molecular weight is 267 g/mol. The molecule has 0 saturated carbocycles. The number of likely N-dealkylation sites (N-methyl/N-ethyl adjacent to an activating group) is 1. The minimum atomic E-state index is 0.0892. The number of aromatic nitrogens is 1. The van der Waals surface area contributed by atoms with E-state index >= 15 is 0 Å². The summed E-state index contributed by atoms with van der Waals surface area (Å²) >= 11 is 4.11. The number of carbonyl (C=O) groups excluding carboxylic acids is 1. The second-order valence-electron chi connectivity index (χ2n) is 4.14. The second-order valence-corrected chi connectivity index (χ2v) is 4.58. The fraction of sp³-hybridized carbons (Fsp3) is 0.500. The molecule has 1 aromatic heterocycles. The maximum absolute atomic E-state index is 12.0. The first-order chi connectivity index (χ1) is 8.67. The van der Waals surface area contributed by atoms with Gasteiger partial charge in [-0.05, 0) is 11.8 Å². The molecule has 0 atom stereocenters. The SMILES string of the molecule is COc1ccc2c(n1)N(C)CCN2C(=O)CCS. The molecule has 0 spiro atoms. The van der Waals surface area contributed by atoms with Crippen molar-refractivity contribution in [2.45, 2.75) is 6.42 Å². The van der Waals surface area contributed by atoms with Crippen LogP contribution in [0.3, 0.4) is 0 Å². The topological polar surface area (TPSA) is 45.7 Å². The molecule has 98 valence electrons. The first-order valence-electron chi connectivity index (χ1n) is 5.84. The summed E-state index contributed by atoms with van der Waals surface area (Å²) in [5.41, 5.74) is 0.844. The fourth-order valence-corrected chi connectivity index (χ4v) is 2.19. The monoisotopic (exact) mass is 267 g/mol. The Morgan fingerprint density at radius 3 is 2.94 bits per heavy atom. The van der Waals surface area contributed by atoms with Gasteiger partial charge in [-0.15, -0.1) is 0 Å². The Bertz CT molecular complexity index is 453. The lowest BCUT2D eigenvalue weighted by molar-refractivity contribution is -0.118. The molecule has 1 aliphatic rings. The summed E-state index contributed by atoms with van der Waals surface area (Å²) < 4.78 is 5.12. The van der Waals surface area contributed by atoms with Gasteiger partial charge in [0.1, 0.15) is 0 Å².